The molecule has 8 heteroatoms. The monoisotopic (exact) mass is 527 g/mol. The minimum Gasteiger partial charge on any atom is -0.488 e. The van der Waals surface area contributed by atoms with E-state index in [1.54, 1.807) is 48.5 Å². The van der Waals surface area contributed by atoms with Crippen molar-refractivity contribution in [1.82, 2.24) is 10.1 Å². The molecule has 0 aliphatic heterocycles. The van der Waals surface area contributed by atoms with E-state index in [9.17, 15) is 13.2 Å². The molecule has 4 rings (SSSR count). The van der Waals surface area contributed by atoms with E-state index in [0.717, 1.165) is 11.1 Å². The molecule has 2 N–H and O–H groups in total. The number of ether oxygens (including phenoxy) is 1. The Morgan fingerprint density at radius 2 is 1.50 bits per heavy atom. The number of hydrazone groups is 1. The van der Waals surface area contributed by atoms with Gasteiger partial charge in [-0.3, -0.25) is 4.79 Å². The zero-order valence-electron chi connectivity index (χ0n) is 20.9. The molecule has 0 saturated heterocycles. The number of aryl methyl sites for hydroxylation is 1. The van der Waals surface area contributed by atoms with Gasteiger partial charge in [0.2, 0.25) is 15.9 Å². The molecule has 1 atom stereocenters. The Hall–Kier alpha value is -4.27. The van der Waals surface area contributed by atoms with Crippen LogP contribution in [0.5, 0.6) is 5.75 Å². The molecule has 0 radical (unpaired) electrons. The van der Waals surface area contributed by atoms with Crippen molar-refractivity contribution in [3.8, 4) is 5.75 Å². The third kappa shape index (κ3) is 7.61. The van der Waals surface area contributed by atoms with Gasteiger partial charge in [-0.2, -0.15) is 5.10 Å². The Morgan fingerprint density at radius 1 is 0.868 bits per heavy atom. The van der Waals surface area contributed by atoms with Gasteiger partial charge in [-0.15, -0.1) is 0 Å². The summed E-state index contributed by atoms with van der Waals surface area (Å²) in [6.07, 6.45) is 1.37. The first-order valence-electron chi connectivity index (χ1n) is 12.1. The van der Waals surface area contributed by atoms with Crippen molar-refractivity contribution in [3.63, 3.8) is 0 Å². The summed E-state index contributed by atoms with van der Waals surface area (Å²) < 4.78 is 34.6. The zero-order chi connectivity index (χ0) is 26.8. The summed E-state index contributed by atoms with van der Waals surface area (Å²) in [6.45, 7) is 2.28. The van der Waals surface area contributed by atoms with E-state index >= 15 is 0 Å². The standard InChI is InChI=1S/C30H29N3O4S/c1-23-16-18-27(19-17-23)38(35,36)33-28(25-12-6-3-7-13-25)20-30(34)32-31-21-26-14-8-9-15-29(26)37-22-24-10-4-2-5-11-24/h2-19,21,28,33H,20,22H2,1H3,(H,32,34)/b31-21+. The number of nitrogens with one attached hydrogen (secondary N) is 2. The largest absolute Gasteiger partial charge is 0.488 e. The molecule has 7 nitrogen and oxygen atoms in total. The molecule has 0 heterocycles. The van der Waals surface area contributed by atoms with Crippen LogP contribution in [0.2, 0.25) is 0 Å². The number of amides is 1. The highest BCUT2D eigenvalue weighted by Gasteiger charge is 2.23. The molecule has 38 heavy (non-hydrogen) atoms. The van der Waals surface area contributed by atoms with Crippen LogP contribution in [0.3, 0.4) is 0 Å². The van der Waals surface area contributed by atoms with Crippen LogP contribution >= 0.6 is 0 Å². The zero-order valence-corrected chi connectivity index (χ0v) is 21.8. The summed E-state index contributed by atoms with van der Waals surface area (Å²) in [5, 5.41) is 4.09. The maximum atomic E-state index is 13.0. The van der Waals surface area contributed by atoms with Crippen molar-refractivity contribution in [2.45, 2.75) is 30.9 Å². The second kappa shape index (κ2) is 12.8. The molecule has 1 amide bonds. The Morgan fingerprint density at radius 3 is 2.21 bits per heavy atom. The van der Waals surface area contributed by atoms with Crippen molar-refractivity contribution in [2.24, 2.45) is 5.10 Å². The lowest BCUT2D eigenvalue weighted by atomic mass is 10.0. The van der Waals surface area contributed by atoms with Gasteiger partial charge in [0.25, 0.3) is 0 Å². The van der Waals surface area contributed by atoms with E-state index in [-0.39, 0.29) is 11.3 Å². The van der Waals surface area contributed by atoms with Gasteiger partial charge in [0.15, 0.2) is 0 Å². The lowest BCUT2D eigenvalue weighted by Gasteiger charge is -2.18. The Labute approximate surface area is 223 Å². The lowest BCUT2D eigenvalue weighted by molar-refractivity contribution is -0.121. The third-order valence-electron chi connectivity index (χ3n) is 5.77. The van der Waals surface area contributed by atoms with Gasteiger partial charge in [0.1, 0.15) is 12.4 Å². The molecule has 0 aliphatic rings. The van der Waals surface area contributed by atoms with Gasteiger partial charge in [0.05, 0.1) is 17.2 Å². The molecule has 1 unspecified atom stereocenters. The van der Waals surface area contributed by atoms with Crippen LogP contribution in [0.15, 0.2) is 119 Å². The molecule has 0 saturated carbocycles. The molecule has 4 aromatic carbocycles. The normalized spacial score (nSPS) is 12.2. The average molecular weight is 528 g/mol. The van der Waals surface area contributed by atoms with Crippen LogP contribution in [0.1, 0.15) is 34.7 Å². The van der Waals surface area contributed by atoms with Crippen LogP contribution < -0.4 is 14.9 Å². The van der Waals surface area contributed by atoms with Crippen LogP contribution in [0.4, 0.5) is 0 Å². The molecular formula is C30H29N3O4S. The Bertz CT molecular complexity index is 1470. The number of para-hydroxylation sites is 1. The number of carbonyl (C=O) groups excluding carboxylic acids is 1. The third-order valence-corrected chi connectivity index (χ3v) is 7.26. The SMILES string of the molecule is Cc1ccc(S(=O)(=O)NC(CC(=O)N/N=C/c2ccccc2OCc2ccccc2)c2ccccc2)cc1. The van der Waals surface area contributed by atoms with E-state index in [4.69, 9.17) is 4.74 Å². The minimum absolute atomic E-state index is 0.134. The number of benzene rings is 4. The summed E-state index contributed by atoms with van der Waals surface area (Å²) in [5.41, 5.74) is 5.86. The fraction of sp³-hybridized carbons (Fsp3) is 0.133. The smallest absolute Gasteiger partial charge is 0.242 e. The van der Waals surface area contributed by atoms with Gasteiger partial charge in [-0.1, -0.05) is 90.5 Å². The van der Waals surface area contributed by atoms with Gasteiger partial charge >= 0.3 is 0 Å². The van der Waals surface area contributed by atoms with Crippen molar-refractivity contribution in [2.75, 3.05) is 0 Å². The first kappa shape index (κ1) is 26.8. The van der Waals surface area contributed by atoms with Crippen molar-refractivity contribution in [1.29, 1.82) is 0 Å². The molecular weight excluding hydrogens is 498 g/mol. The second-order valence-corrected chi connectivity index (χ2v) is 10.4. The molecule has 0 bridgehead atoms. The predicted molar refractivity (Wildman–Crippen MR) is 148 cm³/mol. The Balaban J connectivity index is 1.42. The first-order valence-corrected chi connectivity index (χ1v) is 13.6. The maximum Gasteiger partial charge on any atom is 0.242 e. The van der Waals surface area contributed by atoms with Crippen molar-refractivity contribution < 1.29 is 17.9 Å². The number of rotatable bonds is 11. The van der Waals surface area contributed by atoms with Crippen molar-refractivity contribution in [3.05, 3.63) is 131 Å². The molecule has 0 fully saturated rings. The second-order valence-electron chi connectivity index (χ2n) is 8.71. The molecule has 0 aliphatic carbocycles. The molecule has 194 valence electrons. The first-order chi connectivity index (χ1) is 18.4. The van der Waals surface area contributed by atoms with E-state index in [2.05, 4.69) is 15.2 Å². The van der Waals surface area contributed by atoms with E-state index in [1.807, 2.05) is 67.6 Å². The number of nitrogens with zero attached hydrogens (tertiary/aromatic N) is 1. The number of carbonyl (C=O) groups is 1. The topological polar surface area (TPSA) is 96.9 Å². The molecule has 4 aromatic rings. The van der Waals surface area contributed by atoms with Gasteiger partial charge in [-0.25, -0.2) is 18.6 Å². The summed E-state index contributed by atoms with van der Waals surface area (Å²) in [4.78, 5) is 12.9. The fourth-order valence-corrected chi connectivity index (χ4v) is 4.97. The highest BCUT2D eigenvalue weighted by molar-refractivity contribution is 7.89. The maximum absolute atomic E-state index is 13.0. The molecule has 0 spiro atoms. The van der Waals surface area contributed by atoms with E-state index in [1.165, 1.54) is 6.21 Å². The highest BCUT2D eigenvalue weighted by atomic mass is 32.2. The van der Waals surface area contributed by atoms with Crippen LogP contribution in [-0.2, 0) is 21.4 Å². The highest BCUT2D eigenvalue weighted by Crippen LogP contribution is 2.21. The minimum atomic E-state index is -3.85. The van der Waals surface area contributed by atoms with Crippen LogP contribution in [0, 0.1) is 6.92 Å². The number of hydrogen-bond donors (Lipinski definition) is 2. The van der Waals surface area contributed by atoms with E-state index < -0.39 is 22.0 Å². The predicted octanol–water partition coefficient (Wildman–Crippen LogP) is 5.13. The Kier molecular flexibility index (Phi) is 9.02. The van der Waals surface area contributed by atoms with Crippen molar-refractivity contribution >= 4 is 22.1 Å². The summed E-state index contributed by atoms with van der Waals surface area (Å²) in [6, 6.07) is 31.9. The number of hydrogen-bond acceptors (Lipinski definition) is 5. The number of sulfonamides is 1. The summed E-state index contributed by atoms with van der Waals surface area (Å²) in [5.74, 6) is 0.187. The van der Waals surface area contributed by atoms with Crippen LogP contribution in [-0.4, -0.2) is 20.5 Å². The summed E-state index contributed by atoms with van der Waals surface area (Å²) >= 11 is 0. The lowest BCUT2D eigenvalue weighted by Crippen LogP contribution is -2.32. The average Bonchev–Trinajstić information content (AvgIpc) is 2.93. The van der Waals surface area contributed by atoms with Gasteiger partial charge in [-0.05, 0) is 42.3 Å². The fourth-order valence-electron chi connectivity index (χ4n) is 3.74. The van der Waals surface area contributed by atoms with E-state index in [0.29, 0.717) is 23.5 Å². The summed E-state index contributed by atoms with van der Waals surface area (Å²) in [7, 11) is -3.85. The van der Waals surface area contributed by atoms with Crippen LogP contribution in [0.25, 0.3) is 0 Å². The van der Waals surface area contributed by atoms with Gasteiger partial charge < -0.3 is 4.74 Å². The van der Waals surface area contributed by atoms with Gasteiger partial charge in [0, 0.05) is 12.0 Å². The molecule has 0 aromatic heterocycles. The quantitative estimate of drug-likeness (QED) is 0.209.